The molecule has 10 heteroatoms. The molecule has 1 saturated heterocycles. The van der Waals surface area contributed by atoms with Crippen LogP contribution < -0.4 is 10.5 Å². The van der Waals surface area contributed by atoms with Crippen molar-refractivity contribution in [3.05, 3.63) is 49.1 Å². The fourth-order valence-corrected chi connectivity index (χ4v) is 4.65. The van der Waals surface area contributed by atoms with Gasteiger partial charge in [-0.1, -0.05) is 0 Å². The lowest BCUT2D eigenvalue weighted by molar-refractivity contribution is -0.181. The Morgan fingerprint density at radius 3 is 2.42 bits per heavy atom. The second-order valence-electron chi connectivity index (χ2n) is 8.25. The van der Waals surface area contributed by atoms with E-state index in [1.807, 2.05) is 28.9 Å². The first-order valence-electron chi connectivity index (χ1n) is 11.0. The van der Waals surface area contributed by atoms with Crippen LogP contribution in [0.2, 0.25) is 0 Å². The zero-order valence-electron chi connectivity index (χ0n) is 17.9. The first kappa shape index (κ1) is 20.0. The Morgan fingerprint density at radius 1 is 0.970 bits per heavy atom. The van der Waals surface area contributed by atoms with Crippen LogP contribution in [0, 0.1) is 0 Å². The molecule has 6 rings (SSSR count). The van der Waals surface area contributed by atoms with Crippen LogP contribution >= 0.6 is 0 Å². The van der Waals surface area contributed by atoms with Crippen LogP contribution in [0.4, 0.5) is 5.82 Å². The normalized spacial score (nSPS) is 18.2. The van der Waals surface area contributed by atoms with Crippen molar-refractivity contribution in [3.8, 4) is 23.0 Å². The van der Waals surface area contributed by atoms with E-state index in [2.05, 4.69) is 19.9 Å². The molecule has 2 aliphatic rings. The molecule has 0 amide bonds. The van der Waals surface area contributed by atoms with Gasteiger partial charge in [0.15, 0.2) is 11.4 Å². The highest BCUT2D eigenvalue weighted by Gasteiger charge is 2.41. The second-order valence-corrected chi connectivity index (χ2v) is 8.25. The molecule has 4 aromatic rings. The molecule has 1 saturated carbocycles. The first-order valence-corrected chi connectivity index (χ1v) is 11.0. The van der Waals surface area contributed by atoms with Crippen molar-refractivity contribution in [2.24, 2.45) is 0 Å². The zero-order chi connectivity index (χ0) is 22.3. The van der Waals surface area contributed by atoms with Gasteiger partial charge in [0, 0.05) is 30.8 Å². The van der Waals surface area contributed by atoms with E-state index in [0.717, 1.165) is 48.0 Å². The second kappa shape index (κ2) is 8.05. The smallest absolute Gasteiger partial charge is 0.321 e. The molecule has 4 heterocycles. The van der Waals surface area contributed by atoms with Crippen molar-refractivity contribution in [2.75, 3.05) is 18.9 Å². The summed E-state index contributed by atoms with van der Waals surface area (Å²) in [5, 5.41) is 5.72. The Balaban J connectivity index is 1.32. The van der Waals surface area contributed by atoms with Crippen LogP contribution in [0.3, 0.4) is 0 Å². The average molecular weight is 445 g/mol. The van der Waals surface area contributed by atoms with Gasteiger partial charge in [0.25, 0.3) is 0 Å². The molecule has 33 heavy (non-hydrogen) atoms. The molecular formula is C23H23N7O3. The number of ether oxygens (including phenoxy) is 3. The van der Waals surface area contributed by atoms with Gasteiger partial charge in [-0.25, -0.2) is 24.6 Å². The minimum absolute atomic E-state index is 0.187. The summed E-state index contributed by atoms with van der Waals surface area (Å²) < 4.78 is 19.5. The minimum atomic E-state index is -0.422. The SMILES string of the molecule is Nc1ncnc2c1c(-c1ccc(Oc3ncccn3)cc1)nn2C1CCC2(CC1)OCCO2. The van der Waals surface area contributed by atoms with Gasteiger partial charge in [-0.3, -0.25) is 0 Å². The van der Waals surface area contributed by atoms with Crippen LogP contribution in [-0.4, -0.2) is 48.7 Å². The molecular weight excluding hydrogens is 422 g/mol. The lowest BCUT2D eigenvalue weighted by atomic mass is 9.90. The molecule has 2 N–H and O–H groups in total. The predicted molar refractivity (Wildman–Crippen MR) is 119 cm³/mol. The molecule has 2 fully saturated rings. The quantitative estimate of drug-likeness (QED) is 0.502. The number of anilines is 1. The van der Waals surface area contributed by atoms with E-state index >= 15 is 0 Å². The van der Waals surface area contributed by atoms with Gasteiger partial charge < -0.3 is 19.9 Å². The number of nitrogens with zero attached hydrogens (tertiary/aromatic N) is 6. The monoisotopic (exact) mass is 445 g/mol. The van der Waals surface area contributed by atoms with E-state index in [0.29, 0.717) is 30.8 Å². The van der Waals surface area contributed by atoms with Crippen LogP contribution in [0.1, 0.15) is 31.7 Å². The topological polar surface area (TPSA) is 123 Å². The summed E-state index contributed by atoms with van der Waals surface area (Å²) in [6.07, 6.45) is 8.22. The molecule has 0 atom stereocenters. The largest absolute Gasteiger partial charge is 0.424 e. The molecule has 1 spiro atoms. The Morgan fingerprint density at radius 2 is 1.70 bits per heavy atom. The molecule has 0 bridgehead atoms. The van der Waals surface area contributed by atoms with Crippen LogP contribution in [0.5, 0.6) is 11.8 Å². The van der Waals surface area contributed by atoms with Gasteiger partial charge in [-0.2, -0.15) is 5.10 Å². The number of nitrogen functional groups attached to an aromatic ring is 1. The summed E-state index contributed by atoms with van der Waals surface area (Å²) in [6.45, 7) is 1.33. The van der Waals surface area contributed by atoms with E-state index < -0.39 is 5.79 Å². The Kier molecular flexibility index (Phi) is 4.88. The van der Waals surface area contributed by atoms with Crippen molar-refractivity contribution in [1.82, 2.24) is 29.7 Å². The summed E-state index contributed by atoms with van der Waals surface area (Å²) in [4.78, 5) is 16.9. The van der Waals surface area contributed by atoms with Gasteiger partial charge in [0.1, 0.15) is 23.6 Å². The molecule has 1 aromatic carbocycles. The van der Waals surface area contributed by atoms with E-state index in [1.54, 1.807) is 18.5 Å². The Labute approximate surface area is 189 Å². The lowest BCUT2D eigenvalue weighted by Gasteiger charge is -2.35. The molecule has 1 aliphatic heterocycles. The van der Waals surface area contributed by atoms with Crippen LogP contribution in [-0.2, 0) is 9.47 Å². The van der Waals surface area contributed by atoms with Crippen molar-refractivity contribution >= 4 is 16.9 Å². The maximum absolute atomic E-state index is 6.28. The van der Waals surface area contributed by atoms with E-state index in [1.165, 1.54) is 6.33 Å². The third-order valence-electron chi connectivity index (χ3n) is 6.27. The van der Waals surface area contributed by atoms with Crippen molar-refractivity contribution in [2.45, 2.75) is 37.5 Å². The molecule has 168 valence electrons. The van der Waals surface area contributed by atoms with Gasteiger partial charge in [-0.15, -0.1) is 0 Å². The summed E-state index contributed by atoms with van der Waals surface area (Å²) in [5.74, 6) is 0.621. The molecule has 0 unspecified atom stereocenters. The summed E-state index contributed by atoms with van der Waals surface area (Å²) in [7, 11) is 0. The van der Waals surface area contributed by atoms with E-state index in [-0.39, 0.29) is 6.04 Å². The molecule has 10 nitrogen and oxygen atoms in total. The van der Waals surface area contributed by atoms with Gasteiger partial charge in [0.05, 0.1) is 24.6 Å². The summed E-state index contributed by atoms with van der Waals surface area (Å²) in [6, 6.07) is 9.81. The molecule has 3 aromatic heterocycles. The van der Waals surface area contributed by atoms with Gasteiger partial charge in [0.2, 0.25) is 0 Å². The van der Waals surface area contributed by atoms with Crippen molar-refractivity contribution < 1.29 is 14.2 Å². The third-order valence-corrected chi connectivity index (χ3v) is 6.27. The number of fused-ring (bicyclic) bond motifs is 1. The van der Waals surface area contributed by atoms with E-state index in [4.69, 9.17) is 25.0 Å². The lowest BCUT2D eigenvalue weighted by Crippen LogP contribution is -2.36. The number of nitrogens with two attached hydrogens (primary N) is 1. The highest BCUT2D eigenvalue weighted by Crippen LogP contribution is 2.42. The van der Waals surface area contributed by atoms with E-state index in [9.17, 15) is 0 Å². The van der Waals surface area contributed by atoms with Crippen molar-refractivity contribution in [3.63, 3.8) is 0 Å². The summed E-state index contributed by atoms with van der Waals surface area (Å²) in [5.41, 5.74) is 8.67. The number of hydrogen-bond donors (Lipinski definition) is 1. The fraction of sp³-hybridized carbons (Fsp3) is 0.348. The van der Waals surface area contributed by atoms with Crippen LogP contribution in [0.25, 0.3) is 22.3 Å². The highest BCUT2D eigenvalue weighted by molar-refractivity contribution is 5.98. The number of rotatable bonds is 4. The average Bonchev–Trinajstić information content (AvgIpc) is 3.47. The maximum atomic E-state index is 6.28. The number of benzene rings is 1. The number of aromatic nitrogens is 6. The Bertz CT molecular complexity index is 1260. The Hall–Kier alpha value is -3.63. The molecule has 1 aliphatic carbocycles. The minimum Gasteiger partial charge on any atom is -0.424 e. The highest BCUT2D eigenvalue weighted by atomic mass is 16.7. The predicted octanol–water partition coefficient (Wildman–Crippen LogP) is 3.52. The zero-order valence-corrected chi connectivity index (χ0v) is 17.9. The third kappa shape index (κ3) is 3.66. The van der Waals surface area contributed by atoms with Gasteiger partial charge >= 0.3 is 6.01 Å². The van der Waals surface area contributed by atoms with Crippen molar-refractivity contribution in [1.29, 1.82) is 0 Å². The summed E-state index contributed by atoms with van der Waals surface area (Å²) >= 11 is 0. The fourth-order valence-electron chi connectivity index (χ4n) is 4.65. The van der Waals surface area contributed by atoms with Gasteiger partial charge in [-0.05, 0) is 43.2 Å². The van der Waals surface area contributed by atoms with Crippen LogP contribution in [0.15, 0.2) is 49.1 Å². The maximum Gasteiger partial charge on any atom is 0.321 e. The first-order chi connectivity index (χ1) is 16.2. The standard InChI is InChI=1S/C23H23N7O3/c24-20-18-19(15-2-4-17(5-3-15)33-22-25-10-1-11-26-22)29-30(21(18)28-14-27-20)16-6-8-23(9-7-16)31-12-13-32-23/h1-5,10-11,14,16H,6-9,12-13H2,(H2,24,27,28). The number of hydrogen-bond acceptors (Lipinski definition) is 9. The molecule has 0 radical (unpaired) electrons.